The number of benzene rings is 2. The molecule has 8 heteroatoms. The first-order chi connectivity index (χ1) is 17.0. The first kappa shape index (κ1) is 25.1. The molecule has 0 aliphatic heterocycles. The second kappa shape index (κ2) is 11.6. The number of hydrogen-bond donors (Lipinski definition) is 3. The highest BCUT2D eigenvalue weighted by Crippen LogP contribution is 2.44. The lowest BCUT2D eigenvalue weighted by atomic mass is 9.89. The van der Waals surface area contributed by atoms with Crippen molar-refractivity contribution < 1.29 is 24.2 Å². The van der Waals surface area contributed by atoms with Gasteiger partial charge in [0.1, 0.15) is 12.6 Å². The van der Waals surface area contributed by atoms with E-state index in [1.165, 1.54) is 0 Å². The molecule has 3 N–H and O–H groups in total. The number of alkyl carbamates (subject to hydrolysis) is 1. The van der Waals surface area contributed by atoms with Crippen molar-refractivity contribution in [1.29, 1.82) is 0 Å². The summed E-state index contributed by atoms with van der Waals surface area (Å²) in [5, 5.41) is 15.2. The lowest BCUT2D eigenvalue weighted by Gasteiger charge is -2.28. The number of rotatable bonds is 9. The van der Waals surface area contributed by atoms with Gasteiger partial charge in [-0.3, -0.25) is 9.59 Å². The third-order valence-corrected chi connectivity index (χ3v) is 8.16. The quantitative estimate of drug-likeness (QED) is 0.475. The van der Waals surface area contributed by atoms with E-state index < -0.39 is 30.4 Å². The predicted molar refractivity (Wildman–Crippen MR) is 137 cm³/mol. The molecule has 2 aromatic carbocycles. The Kier molecular flexibility index (Phi) is 8.33. The van der Waals surface area contributed by atoms with Crippen LogP contribution in [0.5, 0.6) is 0 Å². The molecule has 2 amide bonds. The van der Waals surface area contributed by atoms with Gasteiger partial charge < -0.3 is 20.5 Å². The zero-order chi connectivity index (χ0) is 24.8. The predicted octanol–water partition coefficient (Wildman–Crippen LogP) is 4.41. The van der Waals surface area contributed by atoms with E-state index in [0.717, 1.165) is 47.9 Å². The average molecular weight is 497 g/mol. The van der Waals surface area contributed by atoms with Gasteiger partial charge in [0.05, 0.1) is 6.42 Å². The number of hydrogen-bond acceptors (Lipinski definition) is 5. The van der Waals surface area contributed by atoms with Crippen molar-refractivity contribution in [3.05, 3.63) is 59.7 Å². The van der Waals surface area contributed by atoms with E-state index in [1.807, 2.05) is 48.2 Å². The van der Waals surface area contributed by atoms with E-state index in [4.69, 9.17) is 4.74 Å². The Morgan fingerprint density at radius 2 is 1.60 bits per heavy atom. The van der Waals surface area contributed by atoms with Crippen LogP contribution >= 0.6 is 11.8 Å². The van der Waals surface area contributed by atoms with E-state index in [2.05, 4.69) is 29.0 Å². The molecule has 2 aromatic rings. The van der Waals surface area contributed by atoms with Crippen LogP contribution in [0.3, 0.4) is 0 Å². The van der Waals surface area contributed by atoms with Gasteiger partial charge in [0, 0.05) is 17.7 Å². The number of carbonyl (C=O) groups is 3. The molecule has 1 saturated carbocycles. The summed E-state index contributed by atoms with van der Waals surface area (Å²) in [7, 11) is 0. The van der Waals surface area contributed by atoms with Crippen molar-refractivity contribution >= 4 is 29.7 Å². The van der Waals surface area contributed by atoms with Crippen molar-refractivity contribution in [3.8, 4) is 11.1 Å². The maximum atomic E-state index is 12.7. The number of carbonyl (C=O) groups excluding carboxylic acids is 2. The van der Waals surface area contributed by atoms with Crippen LogP contribution < -0.4 is 10.6 Å². The summed E-state index contributed by atoms with van der Waals surface area (Å²) in [5.41, 5.74) is 4.40. The molecule has 186 valence electrons. The Hall–Kier alpha value is -3.00. The van der Waals surface area contributed by atoms with Crippen LogP contribution in [0.2, 0.25) is 0 Å². The van der Waals surface area contributed by atoms with Crippen molar-refractivity contribution in [3.63, 3.8) is 0 Å². The molecule has 0 spiro atoms. The third kappa shape index (κ3) is 6.17. The molecule has 4 rings (SSSR count). The van der Waals surface area contributed by atoms with Gasteiger partial charge in [0.2, 0.25) is 5.91 Å². The minimum Gasteiger partial charge on any atom is -0.481 e. The monoisotopic (exact) mass is 496 g/mol. The van der Waals surface area contributed by atoms with Crippen molar-refractivity contribution in [2.75, 3.05) is 19.4 Å². The fraction of sp³-hybridized carbons (Fsp3) is 0.444. The molecule has 0 radical (unpaired) electrons. The highest BCUT2D eigenvalue weighted by molar-refractivity contribution is 7.99. The van der Waals surface area contributed by atoms with Crippen LogP contribution in [0.25, 0.3) is 11.1 Å². The molecule has 2 aliphatic rings. The topological polar surface area (TPSA) is 105 Å². The summed E-state index contributed by atoms with van der Waals surface area (Å²) in [6.45, 7) is 0.586. The number of carboxylic acids is 1. The standard InChI is InChI=1S/C27H32N2O5S/c1-35-18-12-10-17(11-13-18)15-28-26(32)24(14-25(30)31)29-27(33)34-16-23-21-8-4-2-6-19(21)20-7-3-5-9-22(20)23/h2-9,17-18,23-24H,10-16H2,1H3,(H,28,32)(H,29,33)(H,30,31). The molecule has 0 heterocycles. The van der Waals surface area contributed by atoms with Gasteiger partial charge in [0.15, 0.2) is 0 Å². The van der Waals surface area contributed by atoms with Crippen LogP contribution in [-0.2, 0) is 14.3 Å². The van der Waals surface area contributed by atoms with Crippen molar-refractivity contribution in [1.82, 2.24) is 10.6 Å². The molecular formula is C27H32N2O5S. The number of nitrogens with one attached hydrogen (secondary N) is 2. The van der Waals surface area contributed by atoms with Gasteiger partial charge in [-0.2, -0.15) is 11.8 Å². The van der Waals surface area contributed by atoms with Gasteiger partial charge in [0.25, 0.3) is 0 Å². The van der Waals surface area contributed by atoms with Crippen LogP contribution in [0.15, 0.2) is 48.5 Å². The lowest BCUT2D eigenvalue weighted by molar-refractivity contribution is -0.139. The van der Waals surface area contributed by atoms with Crippen molar-refractivity contribution in [2.24, 2.45) is 5.92 Å². The van der Waals surface area contributed by atoms with Gasteiger partial charge in [-0.15, -0.1) is 0 Å². The number of amides is 2. The van der Waals surface area contributed by atoms with Gasteiger partial charge in [-0.1, -0.05) is 48.5 Å². The third-order valence-electron chi connectivity index (χ3n) is 7.02. The fourth-order valence-corrected chi connectivity index (χ4v) is 5.85. The van der Waals surface area contributed by atoms with Gasteiger partial charge >= 0.3 is 12.1 Å². The summed E-state index contributed by atoms with van der Waals surface area (Å²) in [5.74, 6) is -1.39. The van der Waals surface area contributed by atoms with E-state index in [-0.39, 0.29) is 12.5 Å². The number of ether oxygens (including phenoxy) is 1. The average Bonchev–Trinajstić information content (AvgIpc) is 3.19. The first-order valence-electron chi connectivity index (χ1n) is 12.1. The molecular weight excluding hydrogens is 464 g/mol. The normalized spacial score (nSPS) is 19.8. The summed E-state index contributed by atoms with van der Waals surface area (Å²) in [6.07, 6.45) is 5.14. The minimum atomic E-state index is -1.19. The molecule has 1 fully saturated rings. The summed E-state index contributed by atoms with van der Waals surface area (Å²) >= 11 is 1.88. The van der Waals surface area contributed by atoms with Gasteiger partial charge in [-0.05, 0) is 60.1 Å². The molecule has 0 bridgehead atoms. The molecule has 1 atom stereocenters. The molecule has 35 heavy (non-hydrogen) atoms. The van der Waals surface area contributed by atoms with Crippen LogP contribution in [-0.4, -0.2) is 53.8 Å². The molecule has 0 aromatic heterocycles. The zero-order valence-electron chi connectivity index (χ0n) is 19.9. The molecule has 2 aliphatic carbocycles. The number of carboxylic acid groups (broad SMARTS) is 1. The van der Waals surface area contributed by atoms with E-state index >= 15 is 0 Å². The summed E-state index contributed by atoms with van der Waals surface area (Å²) < 4.78 is 5.50. The van der Waals surface area contributed by atoms with Crippen molar-refractivity contribution in [2.45, 2.75) is 49.3 Å². The Morgan fingerprint density at radius 3 is 2.17 bits per heavy atom. The minimum absolute atomic E-state index is 0.0972. The first-order valence-corrected chi connectivity index (χ1v) is 13.4. The highest BCUT2D eigenvalue weighted by Gasteiger charge is 2.30. The molecule has 1 unspecified atom stereocenters. The maximum Gasteiger partial charge on any atom is 0.407 e. The number of fused-ring (bicyclic) bond motifs is 3. The smallest absolute Gasteiger partial charge is 0.407 e. The Balaban J connectivity index is 1.32. The van der Waals surface area contributed by atoms with Crippen LogP contribution in [0, 0.1) is 5.92 Å². The second-order valence-electron chi connectivity index (χ2n) is 9.24. The molecule has 0 saturated heterocycles. The van der Waals surface area contributed by atoms with Crippen LogP contribution in [0.1, 0.15) is 49.1 Å². The Labute approximate surface area is 210 Å². The second-order valence-corrected chi connectivity index (χ2v) is 10.4. The number of thioether (sulfide) groups is 1. The Bertz CT molecular complexity index is 1020. The van der Waals surface area contributed by atoms with E-state index in [9.17, 15) is 19.5 Å². The van der Waals surface area contributed by atoms with Gasteiger partial charge in [-0.25, -0.2) is 4.79 Å². The van der Waals surface area contributed by atoms with E-state index in [1.54, 1.807) is 0 Å². The SMILES string of the molecule is CSC1CCC(CNC(=O)C(CC(=O)O)NC(=O)OCC2c3ccccc3-c3ccccc32)CC1. The highest BCUT2D eigenvalue weighted by atomic mass is 32.2. The summed E-state index contributed by atoms with van der Waals surface area (Å²) in [6, 6.07) is 14.8. The Morgan fingerprint density at radius 1 is 1.00 bits per heavy atom. The molecule has 7 nitrogen and oxygen atoms in total. The fourth-order valence-electron chi connectivity index (χ4n) is 5.11. The lowest BCUT2D eigenvalue weighted by Crippen LogP contribution is -2.49. The van der Waals surface area contributed by atoms with E-state index in [0.29, 0.717) is 17.7 Å². The summed E-state index contributed by atoms with van der Waals surface area (Å²) in [4.78, 5) is 36.6. The largest absolute Gasteiger partial charge is 0.481 e. The number of aliphatic carboxylic acids is 1. The zero-order valence-corrected chi connectivity index (χ0v) is 20.7. The van der Waals surface area contributed by atoms with Crippen LogP contribution in [0.4, 0.5) is 4.79 Å². The maximum absolute atomic E-state index is 12.7.